The Morgan fingerprint density at radius 1 is 1.33 bits per heavy atom. The fourth-order valence-corrected chi connectivity index (χ4v) is 3.49. The number of nitrogens with zero attached hydrogens (tertiary/aromatic N) is 1. The van der Waals surface area contributed by atoms with Crippen LogP contribution in [-0.4, -0.2) is 50.9 Å². The molecule has 0 N–H and O–H groups in total. The zero-order valence-electron chi connectivity index (χ0n) is 12.4. The smallest absolute Gasteiger partial charge is 0.222 e. The minimum absolute atomic E-state index is 0.0250. The zero-order chi connectivity index (χ0) is 15.5. The van der Waals surface area contributed by atoms with Crippen LogP contribution in [0.3, 0.4) is 0 Å². The molecular weight excluding hydrogens is 290 g/mol. The van der Waals surface area contributed by atoms with Gasteiger partial charge in [-0.15, -0.1) is 0 Å². The van der Waals surface area contributed by atoms with Crippen molar-refractivity contribution in [2.75, 3.05) is 26.5 Å². The van der Waals surface area contributed by atoms with Crippen LogP contribution < -0.4 is 4.74 Å². The first-order valence-corrected chi connectivity index (χ1v) is 8.95. The summed E-state index contributed by atoms with van der Waals surface area (Å²) in [6.07, 6.45) is 2.85. The average molecular weight is 311 g/mol. The summed E-state index contributed by atoms with van der Waals surface area (Å²) in [5.74, 6) is 0.817. The van der Waals surface area contributed by atoms with Crippen LogP contribution >= 0.6 is 0 Å². The maximum atomic E-state index is 12.1. The Balaban J connectivity index is 1.85. The molecule has 0 spiro atoms. The Morgan fingerprint density at radius 2 is 2.00 bits per heavy atom. The van der Waals surface area contributed by atoms with E-state index in [0.29, 0.717) is 32.4 Å². The molecule has 1 aliphatic rings. The first-order valence-electron chi connectivity index (χ1n) is 6.99. The topological polar surface area (TPSA) is 63.7 Å². The van der Waals surface area contributed by atoms with E-state index in [1.807, 2.05) is 24.3 Å². The number of rotatable bonds is 5. The number of hydrogen-bond acceptors (Lipinski definition) is 4. The Morgan fingerprint density at radius 3 is 2.52 bits per heavy atom. The summed E-state index contributed by atoms with van der Waals surface area (Å²) < 4.78 is 28.1. The molecule has 0 radical (unpaired) electrons. The molecule has 1 atom stereocenters. The molecule has 1 aromatic rings. The number of methoxy groups -OCH3 is 1. The molecule has 1 saturated heterocycles. The SMILES string of the molecule is COc1ccc(CCC(=O)N2CC[C@H](S(C)(=O)=O)C2)cc1. The third-order valence-electron chi connectivity index (χ3n) is 3.89. The maximum absolute atomic E-state index is 12.1. The van der Waals surface area contributed by atoms with E-state index in [1.54, 1.807) is 12.0 Å². The van der Waals surface area contributed by atoms with Crippen LogP contribution in [0.25, 0.3) is 0 Å². The lowest BCUT2D eigenvalue weighted by atomic mass is 10.1. The largest absolute Gasteiger partial charge is 0.497 e. The zero-order valence-corrected chi connectivity index (χ0v) is 13.2. The van der Waals surface area contributed by atoms with E-state index < -0.39 is 15.1 Å². The summed E-state index contributed by atoms with van der Waals surface area (Å²) in [4.78, 5) is 13.8. The Bertz CT molecular complexity index is 595. The van der Waals surface area contributed by atoms with Gasteiger partial charge in [-0.1, -0.05) is 12.1 Å². The van der Waals surface area contributed by atoms with Gasteiger partial charge < -0.3 is 9.64 Å². The lowest BCUT2D eigenvalue weighted by molar-refractivity contribution is -0.130. The molecule has 0 unspecified atom stereocenters. The number of ether oxygens (including phenoxy) is 1. The highest BCUT2D eigenvalue weighted by Crippen LogP contribution is 2.18. The summed E-state index contributed by atoms with van der Waals surface area (Å²) in [5.41, 5.74) is 1.07. The predicted molar refractivity (Wildman–Crippen MR) is 81.1 cm³/mol. The third-order valence-corrected chi connectivity index (χ3v) is 5.49. The van der Waals surface area contributed by atoms with Crippen molar-refractivity contribution >= 4 is 15.7 Å². The lowest BCUT2D eigenvalue weighted by Crippen LogP contribution is -2.31. The van der Waals surface area contributed by atoms with E-state index in [-0.39, 0.29) is 5.91 Å². The van der Waals surface area contributed by atoms with Gasteiger partial charge in [0.2, 0.25) is 5.91 Å². The number of likely N-dealkylation sites (tertiary alicyclic amines) is 1. The van der Waals surface area contributed by atoms with Gasteiger partial charge in [0.05, 0.1) is 12.4 Å². The summed E-state index contributed by atoms with van der Waals surface area (Å²) >= 11 is 0. The fraction of sp³-hybridized carbons (Fsp3) is 0.533. The van der Waals surface area contributed by atoms with Crippen molar-refractivity contribution in [3.63, 3.8) is 0 Å². The molecule has 5 nitrogen and oxygen atoms in total. The summed E-state index contributed by atoms with van der Waals surface area (Å²) in [7, 11) is -1.44. The molecule has 116 valence electrons. The number of hydrogen-bond donors (Lipinski definition) is 0. The van der Waals surface area contributed by atoms with Gasteiger partial charge in [-0.05, 0) is 30.5 Å². The monoisotopic (exact) mass is 311 g/mol. The second-order valence-corrected chi connectivity index (χ2v) is 7.75. The molecule has 0 saturated carbocycles. The Labute approximate surface area is 125 Å². The lowest BCUT2D eigenvalue weighted by Gasteiger charge is -2.16. The van der Waals surface area contributed by atoms with Gasteiger partial charge in [0.15, 0.2) is 9.84 Å². The van der Waals surface area contributed by atoms with E-state index in [9.17, 15) is 13.2 Å². The van der Waals surface area contributed by atoms with Crippen LogP contribution in [0, 0.1) is 0 Å². The molecule has 1 fully saturated rings. The number of amides is 1. The molecule has 21 heavy (non-hydrogen) atoms. The molecule has 0 aromatic heterocycles. The second-order valence-electron chi connectivity index (χ2n) is 5.43. The van der Waals surface area contributed by atoms with E-state index in [4.69, 9.17) is 4.74 Å². The van der Waals surface area contributed by atoms with Gasteiger partial charge in [-0.3, -0.25) is 4.79 Å². The molecular formula is C15H21NO4S. The van der Waals surface area contributed by atoms with Crippen LogP contribution in [0.2, 0.25) is 0 Å². The van der Waals surface area contributed by atoms with Gasteiger partial charge >= 0.3 is 0 Å². The average Bonchev–Trinajstić information content (AvgIpc) is 2.95. The Hall–Kier alpha value is -1.56. The highest BCUT2D eigenvalue weighted by molar-refractivity contribution is 7.91. The van der Waals surface area contributed by atoms with Crippen molar-refractivity contribution in [3.8, 4) is 5.75 Å². The number of sulfone groups is 1. The van der Waals surface area contributed by atoms with E-state index >= 15 is 0 Å². The van der Waals surface area contributed by atoms with Crippen molar-refractivity contribution in [3.05, 3.63) is 29.8 Å². The predicted octanol–water partition coefficient (Wildman–Crippen LogP) is 1.27. The van der Waals surface area contributed by atoms with Gasteiger partial charge in [-0.25, -0.2) is 8.42 Å². The molecule has 0 bridgehead atoms. The molecule has 0 aliphatic carbocycles. The summed E-state index contributed by atoms with van der Waals surface area (Å²) in [5, 5.41) is -0.401. The van der Waals surface area contributed by atoms with Crippen LogP contribution in [0.15, 0.2) is 24.3 Å². The van der Waals surface area contributed by atoms with Gasteiger partial charge in [0.1, 0.15) is 5.75 Å². The molecule has 1 amide bonds. The molecule has 1 aliphatic heterocycles. The Kier molecular flexibility index (Phi) is 4.88. The van der Waals surface area contributed by atoms with Crippen LogP contribution in [0.5, 0.6) is 5.75 Å². The van der Waals surface area contributed by atoms with E-state index in [2.05, 4.69) is 0 Å². The van der Waals surface area contributed by atoms with Crippen molar-refractivity contribution in [2.24, 2.45) is 0 Å². The first kappa shape index (κ1) is 15.8. The second kappa shape index (κ2) is 6.47. The number of carbonyl (C=O) groups is 1. The quantitative estimate of drug-likeness (QED) is 0.821. The summed E-state index contributed by atoms with van der Waals surface area (Å²) in [6.45, 7) is 0.874. The molecule has 1 aromatic carbocycles. The van der Waals surface area contributed by atoms with Crippen LogP contribution in [0.1, 0.15) is 18.4 Å². The van der Waals surface area contributed by atoms with Gasteiger partial charge in [-0.2, -0.15) is 0 Å². The molecule has 6 heteroatoms. The highest BCUT2D eigenvalue weighted by atomic mass is 32.2. The molecule has 2 rings (SSSR count). The van der Waals surface area contributed by atoms with Gasteiger partial charge in [0, 0.05) is 25.8 Å². The van der Waals surface area contributed by atoms with Crippen LogP contribution in [-0.2, 0) is 21.1 Å². The standard InChI is InChI=1S/C15H21NO4S/c1-20-13-6-3-12(4-7-13)5-8-15(17)16-10-9-14(11-16)21(2,18)19/h3-4,6-7,14H,5,8-11H2,1-2H3/t14-/m0/s1. The normalized spacial score (nSPS) is 18.8. The number of aryl methyl sites for hydroxylation is 1. The highest BCUT2D eigenvalue weighted by Gasteiger charge is 2.32. The maximum Gasteiger partial charge on any atom is 0.222 e. The van der Waals surface area contributed by atoms with E-state index in [1.165, 1.54) is 6.26 Å². The minimum atomic E-state index is -3.05. The van der Waals surface area contributed by atoms with Crippen molar-refractivity contribution in [2.45, 2.75) is 24.5 Å². The van der Waals surface area contributed by atoms with E-state index in [0.717, 1.165) is 11.3 Å². The number of carbonyl (C=O) groups excluding carboxylic acids is 1. The van der Waals surface area contributed by atoms with Crippen molar-refractivity contribution in [1.82, 2.24) is 4.90 Å². The van der Waals surface area contributed by atoms with Crippen molar-refractivity contribution in [1.29, 1.82) is 0 Å². The van der Waals surface area contributed by atoms with Crippen LogP contribution in [0.4, 0.5) is 0 Å². The summed E-state index contributed by atoms with van der Waals surface area (Å²) in [6, 6.07) is 7.62. The number of benzene rings is 1. The first-order chi connectivity index (χ1) is 9.90. The molecule has 1 heterocycles. The third kappa shape index (κ3) is 4.20. The van der Waals surface area contributed by atoms with Gasteiger partial charge in [0.25, 0.3) is 0 Å². The minimum Gasteiger partial charge on any atom is -0.497 e. The fourth-order valence-electron chi connectivity index (χ4n) is 2.51. The van der Waals surface area contributed by atoms with Crippen molar-refractivity contribution < 1.29 is 17.9 Å².